The number of rotatable bonds is 4. The second-order valence-electron chi connectivity index (χ2n) is 4.88. The molecule has 0 saturated heterocycles. The van der Waals surface area contributed by atoms with E-state index in [0.29, 0.717) is 6.42 Å². The first kappa shape index (κ1) is 13.0. The van der Waals surface area contributed by atoms with Crippen LogP contribution in [-0.2, 0) is 0 Å². The van der Waals surface area contributed by atoms with E-state index in [-0.39, 0.29) is 6.61 Å². The van der Waals surface area contributed by atoms with Crippen molar-refractivity contribution < 1.29 is 9.84 Å². The van der Waals surface area contributed by atoms with Crippen LogP contribution in [0.15, 0.2) is 18.2 Å². The van der Waals surface area contributed by atoms with Gasteiger partial charge in [-0.2, -0.15) is 0 Å². The van der Waals surface area contributed by atoms with Gasteiger partial charge >= 0.3 is 0 Å². The zero-order valence-corrected chi connectivity index (χ0v) is 10.9. The van der Waals surface area contributed by atoms with Gasteiger partial charge in [0.25, 0.3) is 0 Å². The lowest BCUT2D eigenvalue weighted by Gasteiger charge is -2.25. The molecule has 18 heavy (non-hydrogen) atoms. The molecule has 2 rings (SSSR count). The molecule has 0 amide bonds. The van der Waals surface area contributed by atoms with E-state index in [9.17, 15) is 0 Å². The molecule has 1 N–H and O–H groups in total. The highest BCUT2D eigenvalue weighted by Gasteiger charge is 2.18. The predicted octanol–water partition coefficient (Wildman–Crippen LogP) is 2.91. The molecule has 0 bridgehead atoms. The zero-order valence-electron chi connectivity index (χ0n) is 10.9. The molecular formula is C16H20O2. The fraction of sp³-hybridized carbons (Fsp3) is 0.500. The van der Waals surface area contributed by atoms with E-state index in [4.69, 9.17) is 9.84 Å². The minimum atomic E-state index is 0.108. The van der Waals surface area contributed by atoms with E-state index in [2.05, 4.69) is 11.8 Å². The number of benzene rings is 1. The Balaban J connectivity index is 2.04. The highest BCUT2D eigenvalue weighted by atomic mass is 16.5. The first-order valence-corrected chi connectivity index (χ1v) is 6.63. The lowest BCUT2D eigenvalue weighted by molar-refractivity contribution is 0.180. The predicted molar refractivity (Wildman–Crippen MR) is 72.6 cm³/mol. The molecule has 0 spiro atoms. The molecule has 0 aliphatic heterocycles. The first-order valence-electron chi connectivity index (χ1n) is 6.63. The van der Waals surface area contributed by atoms with Gasteiger partial charge in [0, 0.05) is 6.42 Å². The summed E-state index contributed by atoms with van der Waals surface area (Å²) in [5, 5.41) is 8.75. The molecule has 1 aromatic carbocycles. The summed E-state index contributed by atoms with van der Waals surface area (Å²) in [7, 11) is 0. The van der Waals surface area contributed by atoms with Crippen LogP contribution in [0.5, 0.6) is 5.75 Å². The molecule has 0 aromatic heterocycles. The van der Waals surface area contributed by atoms with Gasteiger partial charge in [0.15, 0.2) is 0 Å². The molecular weight excluding hydrogens is 224 g/mol. The lowest BCUT2D eigenvalue weighted by atomic mass is 9.86. The summed E-state index contributed by atoms with van der Waals surface area (Å²) in [5.41, 5.74) is 2.11. The highest BCUT2D eigenvalue weighted by Crippen LogP contribution is 2.28. The number of aliphatic hydroxyl groups is 1. The third-order valence-corrected chi connectivity index (χ3v) is 3.29. The Bertz CT molecular complexity index is 450. The fourth-order valence-electron chi connectivity index (χ4n) is 1.95. The Morgan fingerprint density at radius 1 is 1.39 bits per heavy atom. The molecule has 2 heteroatoms. The number of aliphatic hydroxyl groups excluding tert-OH is 1. The van der Waals surface area contributed by atoms with E-state index >= 15 is 0 Å². The summed E-state index contributed by atoms with van der Waals surface area (Å²) in [6.45, 7) is 2.96. The molecule has 0 atom stereocenters. The minimum absolute atomic E-state index is 0.108. The van der Waals surface area contributed by atoms with Crippen molar-refractivity contribution in [1.29, 1.82) is 0 Å². The van der Waals surface area contributed by atoms with Gasteiger partial charge in [-0.3, -0.25) is 0 Å². The molecule has 2 nitrogen and oxygen atoms in total. The van der Waals surface area contributed by atoms with Crippen molar-refractivity contribution in [2.45, 2.75) is 32.6 Å². The molecule has 1 fully saturated rings. The second-order valence-corrected chi connectivity index (χ2v) is 4.88. The van der Waals surface area contributed by atoms with Crippen LogP contribution >= 0.6 is 0 Å². The van der Waals surface area contributed by atoms with Gasteiger partial charge in [-0.05, 0) is 43.4 Å². The van der Waals surface area contributed by atoms with Crippen molar-refractivity contribution in [3.63, 3.8) is 0 Å². The Hall–Kier alpha value is -1.46. The van der Waals surface area contributed by atoms with Gasteiger partial charge < -0.3 is 9.84 Å². The van der Waals surface area contributed by atoms with Gasteiger partial charge in [-0.1, -0.05) is 24.3 Å². The molecule has 0 unspecified atom stereocenters. The smallest absolute Gasteiger partial charge is 0.134 e. The maximum Gasteiger partial charge on any atom is 0.134 e. The molecule has 1 aromatic rings. The summed E-state index contributed by atoms with van der Waals surface area (Å²) in [6.07, 6.45) is 4.43. The zero-order chi connectivity index (χ0) is 12.8. The monoisotopic (exact) mass is 244 g/mol. The number of ether oxygens (including phenoxy) is 1. The van der Waals surface area contributed by atoms with Gasteiger partial charge in [0.2, 0.25) is 0 Å². The standard InChI is InChI=1S/C16H20O2/c1-13-8-9-16(18-12-14-5-4-6-14)15(11-13)7-2-3-10-17/h8-9,11,14,17H,3-6,10,12H2,1H3. The second kappa shape index (κ2) is 6.47. The average molecular weight is 244 g/mol. The Morgan fingerprint density at radius 2 is 2.22 bits per heavy atom. The molecule has 1 aliphatic rings. The summed E-state index contributed by atoms with van der Waals surface area (Å²) in [5.74, 6) is 7.63. The minimum Gasteiger partial charge on any atom is -0.492 e. The topological polar surface area (TPSA) is 29.5 Å². The van der Waals surface area contributed by atoms with E-state index in [1.807, 2.05) is 25.1 Å². The molecule has 96 valence electrons. The summed E-state index contributed by atoms with van der Waals surface area (Å²) in [4.78, 5) is 0. The van der Waals surface area contributed by atoms with Crippen molar-refractivity contribution in [2.75, 3.05) is 13.2 Å². The molecule has 1 saturated carbocycles. The van der Waals surface area contributed by atoms with Crippen LogP contribution < -0.4 is 4.74 Å². The van der Waals surface area contributed by atoms with E-state index < -0.39 is 0 Å². The van der Waals surface area contributed by atoms with Crippen molar-refractivity contribution in [3.05, 3.63) is 29.3 Å². The quantitative estimate of drug-likeness (QED) is 0.825. The van der Waals surface area contributed by atoms with E-state index in [0.717, 1.165) is 23.8 Å². The lowest BCUT2D eigenvalue weighted by Crippen LogP contribution is -2.19. The summed E-state index contributed by atoms with van der Waals surface area (Å²) < 4.78 is 5.86. The third kappa shape index (κ3) is 3.51. The fourth-order valence-corrected chi connectivity index (χ4v) is 1.95. The van der Waals surface area contributed by atoms with Crippen LogP contribution in [0.1, 0.15) is 36.8 Å². The van der Waals surface area contributed by atoms with Gasteiger partial charge in [-0.15, -0.1) is 0 Å². The Kier molecular flexibility index (Phi) is 4.66. The average Bonchev–Trinajstić information content (AvgIpc) is 2.30. The Morgan fingerprint density at radius 3 is 2.89 bits per heavy atom. The molecule has 1 aliphatic carbocycles. The van der Waals surface area contributed by atoms with Gasteiger partial charge in [-0.25, -0.2) is 0 Å². The molecule has 0 heterocycles. The van der Waals surface area contributed by atoms with Crippen LogP contribution in [-0.4, -0.2) is 18.3 Å². The van der Waals surface area contributed by atoms with Gasteiger partial charge in [0.05, 0.1) is 18.8 Å². The number of hydrogen-bond acceptors (Lipinski definition) is 2. The number of hydrogen-bond donors (Lipinski definition) is 1. The van der Waals surface area contributed by atoms with Crippen LogP contribution in [0.25, 0.3) is 0 Å². The van der Waals surface area contributed by atoms with E-state index in [1.165, 1.54) is 24.8 Å². The highest BCUT2D eigenvalue weighted by molar-refractivity contribution is 5.48. The Labute approximate surface area is 109 Å². The maximum absolute atomic E-state index is 8.75. The van der Waals surface area contributed by atoms with Crippen molar-refractivity contribution in [2.24, 2.45) is 5.92 Å². The van der Waals surface area contributed by atoms with Crippen LogP contribution in [0.3, 0.4) is 0 Å². The van der Waals surface area contributed by atoms with E-state index in [1.54, 1.807) is 0 Å². The van der Waals surface area contributed by atoms with Crippen LogP contribution in [0.2, 0.25) is 0 Å². The largest absolute Gasteiger partial charge is 0.492 e. The SMILES string of the molecule is Cc1ccc(OCC2CCC2)c(C#CCCO)c1. The third-order valence-electron chi connectivity index (χ3n) is 3.29. The molecule has 0 radical (unpaired) electrons. The van der Waals surface area contributed by atoms with Gasteiger partial charge in [0.1, 0.15) is 5.75 Å². The number of aryl methyl sites for hydroxylation is 1. The normalized spacial score (nSPS) is 14.6. The summed E-state index contributed by atoms with van der Waals surface area (Å²) >= 11 is 0. The van der Waals surface area contributed by atoms with Crippen molar-refractivity contribution in [1.82, 2.24) is 0 Å². The van der Waals surface area contributed by atoms with Crippen LogP contribution in [0, 0.1) is 24.7 Å². The first-order chi connectivity index (χ1) is 8.79. The summed E-state index contributed by atoms with van der Waals surface area (Å²) in [6, 6.07) is 6.09. The van der Waals surface area contributed by atoms with Crippen LogP contribution in [0.4, 0.5) is 0 Å². The maximum atomic E-state index is 8.75. The van der Waals surface area contributed by atoms with Crippen molar-refractivity contribution in [3.8, 4) is 17.6 Å². The van der Waals surface area contributed by atoms with Crippen molar-refractivity contribution >= 4 is 0 Å².